The van der Waals surface area contributed by atoms with Crippen molar-refractivity contribution in [3.8, 4) is 5.75 Å². The molecule has 1 rings (SSSR count). The largest absolute Gasteiger partial charge is 0.467 e. The fraction of sp³-hybridized carbons (Fsp3) is 0.556. The normalized spacial score (nSPS) is 12.3. The van der Waals surface area contributed by atoms with Crippen molar-refractivity contribution in [3.63, 3.8) is 0 Å². The third-order valence-corrected chi connectivity index (χ3v) is 3.28. The van der Waals surface area contributed by atoms with E-state index in [2.05, 4.69) is 60.3 Å². The average Bonchev–Trinajstić information content (AvgIpc) is 2.33. The first kappa shape index (κ1) is 16.8. The van der Waals surface area contributed by atoms with Gasteiger partial charge in [0, 0.05) is 18.2 Å². The lowest BCUT2D eigenvalue weighted by atomic mass is 9.78. The van der Waals surface area contributed by atoms with E-state index >= 15 is 0 Å². The van der Waals surface area contributed by atoms with Crippen LogP contribution in [-0.4, -0.2) is 13.9 Å². The Morgan fingerprint density at radius 2 is 1.45 bits per heavy atom. The van der Waals surface area contributed by atoms with Gasteiger partial charge in [-0.05, 0) is 28.5 Å². The Morgan fingerprint density at radius 1 is 1.00 bits per heavy atom. The number of hydrogen-bond acceptors (Lipinski definition) is 2. The Balaban J connectivity index is 3.58. The van der Waals surface area contributed by atoms with Gasteiger partial charge in [-0.1, -0.05) is 54.2 Å². The molecule has 0 N–H and O–H groups in total. The van der Waals surface area contributed by atoms with Crippen LogP contribution in [0.4, 0.5) is 0 Å². The molecule has 0 radical (unpaired) electrons. The topological polar surface area (TPSA) is 18.5 Å². The molecule has 112 valence electrons. The van der Waals surface area contributed by atoms with Gasteiger partial charge >= 0.3 is 0 Å². The highest BCUT2D eigenvalue weighted by Crippen LogP contribution is 2.40. The van der Waals surface area contributed by atoms with E-state index in [1.807, 2.05) is 6.08 Å². The van der Waals surface area contributed by atoms with Crippen LogP contribution in [-0.2, 0) is 15.6 Å². The summed E-state index contributed by atoms with van der Waals surface area (Å²) in [6, 6.07) is 4.32. The summed E-state index contributed by atoms with van der Waals surface area (Å²) in [7, 11) is 1.64. The van der Waals surface area contributed by atoms with Crippen LogP contribution in [0.3, 0.4) is 0 Å². The molecule has 0 saturated heterocycles. The number of ether oxygens (including phenoxy) is 2. The molecule has 0 bridgehead atoms. The smallest absolute Gasteiger partial charge is 0.188 e. The van der Waals surface area contributed by atoms with Crippen molar-refractivity contribution in [2.24, 2.45) is 0 Å². The van der Waals surface area contributed by atoms with E-state index in [0.717, 1.165) is 11.3 Å². The second-order valence-electron chi connectivity index (χ2n) is 7.20. The molecule has 0 spiro atoms. The number of benzene rings is 1. The van der Waals surface area contributed by atoms with Crippen LogP contribution in [0, 0.1) is 0 Å². The van der Waals surface area contributed by atoms with Crippen LogP contribution in [0.2, 0.25) is 0 Å². The van der Waals surface area contributed by atoms with Crippen LogP contribution in [0.25, 0.3) is 6.08 Å². The number of hydrogen-bond donors (Lipinski definition) is 0. The highest BCUT2D eigenvalue weighted by Gasteiger charge is 2.27. The molecule has 2 nitrogen and oxygen atoms in total. The minimum Gasteiger partial charge on any atom is -0.467 e. The fourth-order valence-electron chi connectivity index (χ4n) is 2.16. The summed E-state index contributed by atoms with van der Waals surface area (Å²) < 4.78 is 11.0. The lowest BCUT2D eigenvalue weighted by Crippen LogP contribution is -2.20. The van der Waals surface area contributed by atoms with Crippen LogP contribution >= 0.6 is 0 Å². The molecule has 0 aliphatic heterocycles. The van der Waals surface area contributed by atoms with E-state index < -0.39 is 0 Å². The maximum absolute atomic E-state index is 5.91. The van der Waals surface area contributed by atoms with Crippen molar-refractivity contribution in [1.82, 2.24) is 0 Å². The van der Waals surface area contributed by atoms with Gasteiger partial charge in [0.2, 0.25) is 0 Å². The van der Waals surface area contributed by atoms with Crippen molar-refractivity contribution in [1.29, 1.82) is 0 Å². The second-order valence-corrected chi connectivity index (χ2v) is 7.20. The van der Waals surface area contributed by atoms with Gasteiger partial charge in [0.15, 0.2) is 6.79 Å². The lowest BCUT2D eigenvalue weighted by Gasteiger charge is -2.30. The predicted molar refractivity (Wildman–Crippen MR) is 86.4 cm³/mol. The molecule has 0 atom stereocenters. The Bertz CT molecular complexity index is 438. The monoisotopic (exact) mass is 276 g/mol. The molecule has 1 aromatic rings. The van der Waals surface area contributed by atoms with E-state index in [4.69, 9.17) is 9.47 Å². The van der Waals surface area contributed by atoms with Crippen LogP contribution in [0.5, 0.6) is 5.75 Å². The van der Waals surface area contributed by atoms with Gasteiger partial charge in [-0.15, -0.1) is 0 Å². The maximum atomic E-state index is 5.91. The Hall–Kier alpha value is -1.28. The van der Waals surface area contributed by atoms with Crippen LogP contribution < -0.4 is 4.74 Å². The van der Waals surface area contributed by atoms with E-state index in [1.54, 1.807) is 7.11 Å². The minimum atomic E-state index is 0.00208. The molecular formula is C18H28O2. The molecule has 0 unspecified atom stereocenters. The molecule has 0 aromatic heterocycles. The van der Waals surface area contributed by atoms with Gasteiger partial charge in [0.05, 0.1) is 0 Å². The summed E-state index contributed by atoms with van der Waals surface area (Å²) in [5, 5.41) is 0. The summed E-state index contributed by atoms with van der Waals surface area (Å²) >= 11 is 0. The zero-order chi connectivity index (χ0) is 15.6. The predicted octanol–water partition coefficient (Wildman–Crippen LogP) is 4.91. The van der Waals surface area contributed by atoms with E-state index in [1.165, 1.54) is 11.1 Å². The molecule has 0 saturated carbocycles. The Labute approximate surface area is 123 Å². The molecule has 0 fully saturated rings. The van der Waals surface area contributed by atoms with E-state index in [-0.39, 0.29) is 17.6 Å². The quantitative estimate of drug-likeness (QED) is 0.728. The van der Waals surface area contributed by atoms with Crippen LogP contribution in [0.15, 0.2) is 18.7 Å². The first-order valence-corrected chi connectivity index (χ1v) is 7.04. The number of methoxy groups -OCH3 is 1. The lowest BCUT2D eigenvalue weighted by molar-refractivity contribution is 0.0484. The molecule has 0 heterocycles. The maximum Gasteiger partial charge on any atom is 0.188 e. The first-order chi connectivity index (χ1) is 9.11. The third-order valence-electron chi connectivity index (χ3n) is 3.28. The van der Waals surface area contributed by atoms with Gasteiger partial charge in [0.1, 0.15) is 5.75 Å². The summed E-state index contributed by atoms with van der Waals surface area (Å²) in [6.45, 7) is 17.3. The molecule has 0 aliphatic rings. The molecule has 0 aliphatic carbocycles. The highest BCUT2D eigenvalue weighted by atomic mass is 16.7. The van der Waals surface area contributed by atoms with Gasteiger partial charge in [-0.2, -0.15) is 0 Å². The summed E-state index contributed by atoms with van der Waals surface area (Å²) in [5.74, 6) is 0.942. The van der Waals surface area contributed by atoms with Gasteiger partial charge < -0.3 is 9.47 Å². The van der Waals surface area contributed by atoms with Crippen molar-refractivity contribution in [2.45, 2.75) is 52.4 Å². The van der Waals surface area contributed by atoms with Crippen molar-refractivity contribution < 1.29 is 9.47 Å². The van der Waals surface area contributed by atoms with Crippen LogP contribution in [0.1, 0.15) is 58.2 Å². The summed E-state index contributed by atoms with van der Waals surface area (Å²) in [6.07, 6.45) is 1.89. The van der Waals surface area contributed by atoms with E-state index in [9.17, 15) is 0 Å². The molecule has 2 heteroatoms. The zero-order valence-corrected chi connectivity index (χ0v) is 14.0. The molecule has 1 aromatic carbocycles. The minimum absolute atomic E-state index is 0.00208. The van der Waals surface area contributed by atoms with E-state index in [0.29, 0.717) is 0 Å². The zero-order valence-electron chi connectivity index (χ0n) is 14.0. The van der Waals surface area contributed by atoms with Gasteiger partial charge in [-0.3, -0.25) is 0 Å². The van der Waals surface area contributed by atoms with Crippen molar-refractivity contribution in [3.05, 3.63) is 35.4 Å². The van der Waals surface area contributed by atoms with Gasteiger partial charge in [0.25, 0.3) is 0 Å². The number of rotatable bonds is 4. The molecular weight excluding hydrogens is 248 g/mol. The SMILES string of the molecule is C=Cc1cc(C(C)(C)C)c(OCOC)c(C(C)(C)C)c1. The Kier molecular flexibility index (Phi) is 5.04. The Morgan fingerprint density at radius 3 is 1.75 bits per heavy atom. The second kappa shape index (κ2) is 6.01. The van der Waals surface area contributed by atoms with Crippen molar-refractivity contribution in [2.75, 3.05) is 13.9 Å². The third kappa shape index (κ3) is 3.86. The molecule has 0 amide bonds. The average molecular weight is 276 g/mol. The molecule has 20 heavy (non-hydrogen) atoms. The summed E-state index contributed by atoms with van der Waals surface area (Å²) in [4.78, 5) is 0. The van der Waals surface area contributed by atoms with Crippen molar-refractivity contribution >= 4 is 6.08 Å². The van der Waals surface area contributed by atoms with Gasteiger partial charge in [-0.25, -0.2) is 0 Å². The highest BCUT2D eigenvalue weighted by molar-refractivity contribution is 5.58. The first-order valence-electron chi connectivity index (χ1n) is 7.04. The fourth-order valence-corrected chi connectivity index (χ4v) is 2.16. The standard InChI is InChI=1S/C18H28O2/c1-9-13-10-14(17(2,3)4)16(20-12-19-8)15(11-13)18(5,6)7/h9-11H,1,12H2,2-8H3. The summed E-state index contributed by atoms with van der Waals surface area (Å²) in [5.41, 5.74) is 3.52.